The van der Waals surface area contributed by atoms with E-state index in [1.54, 1.807) is 11.3 Å². The lowest BCUT2D eigenvalue weighted by atomic mass is 10.00. The molecule has 1 heterocycles. The molecule has 2 aromatic rings. The van der Waals surface area contributed by atoms with Gasteiger partial charge >= 0.3 is 0 Å². The maximum Gasteiger partial charge on any atom is 0.168 e. The van der Waals surface area contributed by atoms with Crippen molar-refractivity contribution in [3.05, 3.63) is 56.8 Å². The van der Waals surface area contributed by atoms with Crippen LogP contribution in [0.5, 0.6) is 0 Å². The van der Waals surface area contributed by atoms with Crippen molar-refractivity contribution in [2.24, 2.45) is 0 Å². The summed E-state index contributed by atoms with van der Waals surface area (Å²) >= 11 is 1.59. The van der Waals surface area contributed by atoms with Crippen molar-refractivity contribution in [3.8, 4) is 0 Å². The summed E-state index contributed by atoms with van der Waals surface area (Å²) in [5, 5.41) is 3.97. The summed E-state index contributed by atoms with van der Waals surface area (Å²) in [6.07, 6.45) is 0.500. The van der Waals surface area contributed by atoms with E-state index in [9.17, 15) is 4.79 Å². The molecular weight excluding hydrogens is 228 g/mol. The van der Waals surface area contributed by atoms with Crippen molar-refractivity contribution in [2.45, 2.75) is 27.2 Å². The monoisotopic (exact) mass is 244 g/mol. The highest BCUT2D eigenvalue weighted by molar-refractivity contribution is 7.08. The topological polar surface area (TPSA) is 17.1 Å². The highest BCUT2D eigenvalue weighted by Gasteiger charge is 2.10. The van der Waals surface area contributed by atoms with Gasteiger partial charge in [0.15, 0.2) is 5.78 Å². The van der Waals surface area contributed by atoms with E-state index in [4.69, 9.17) is 0 Å². The minimum atomic E-state index is 0.216. The molecule has 1 aromatic heterocycles. The lowest BCUT2D eigenvalue weighted by Crippen LogP contribution is -2.04. The van der Waals surface area contributed by atoms with Gasteiger partial charge < -0.3 is 0 Å². The smallest absolute Gasteiger partial charge is 0.168 e. The fourth-order valence-corrected chi connectivity index (χ4v) is 2.95. The van der Waals surface area contributed by atoms with Crippen LogP contribution in [0.1, 0.15) is 32.6 Å². The fraction of sp³-hybridized carbons (Fsp3) is 0.267. The quantitative estimate of drug-likeness (QED) is 0.743. The van der Waals surface area contributed by atoms with E-state index < -0.39 is 0 Å². The minimum Gasteiger partial charge on any atom is -0.294 e. The first kappa shape index (κ1) is 12.1. The summed E-state index contributed by atoms with van der Waals surface area (Å²) in [6.45, 7) is 6.12. The highest BCUT2D eigenvalue weighted by atomic mass is 32.1. The molecule has 0 saturated heterocycles. The van der Waals surface area contributed by atoms with Crippen LogP contribution in [0, 0.1) is 20.8 Å². The molecule has 0 bridgehead atoms. The van der Waals surface area contributed by atoms with Crippen LogP contribution >= 0.6 is 11.3 Å². The Balaban J connectivity index is 2.21. The zero-order valence-electron chi connectivity index (χ0n) is 10.4. The van der Waals surface area contributed by atoms with Gasteiger partial charge in [-0.1, -0.05) is 29.3 Å². The standard InChI is InChI=1S/C15H16OS/c1-10-4-11(2)6-13(5-10)7-15(16)14-9-17-8-12(14)3/h4-6,8-9H,7H2,1-3H3. The van der Waals surface area contributed by atoms with E-state index in [-0.39, 0.29) is 5.78 Å². The summed E-state index contributed by atoms with van der Waals surface area (Å²) < 4.78 is 0. The van der Waals surface area contributed by atoms with E-state index in [2.05, 4.69) is 32.0 Å². The Morgan fingerprint density at radius 3 is 2.24 bits per heavy atom. The predicted octanol–water partition coefficient (Wildman–Crippen LogP) is 4.10. The van der Waals surface area contributed by atoms with Crippen LogP contribution in [0.2, 0.25) is 0 Å². The molecule has 2 rings (SSSR count). The average Bonchev–Trinajstić information content (AvgIpc) is 2.62. The summed E-state index contributed by atoms with van der Waals surface area (Å²) in [5.74, 6) is 0.216. The number of thiophene rings is 1. The molecule has 0 saturated carbocycles. The third kappa shape index (κ3) is 2.83. The summed E-state index contributed by atoms with van der Waals surface area (Å²) in [4.78, 5) is 12.1. The number of aryl methyl sites for hydroxylation is 3. The zero-order valence-corrected chi connectivity index (χ0v) is 11.2. The van der Waals surface area contributed by atoms with Crippen LogP contribution in [0.15, 0.2) is 29.0 Å². The second-order valence-corrected chi connectivity index (χ2v) is 5.31. The van der Waals surface area contributed by atoms with E-state index in [1.165, 1.54) is 11.1 Å². The number of hydrogen-bond donors (Lipinski definition) is 0. The lowest BCUT2D eigenvalue weighted by Gasteiger charge is -2.04. The van der Waals surface area contributed by atoms with Crippen LogP contribution in [0.3, 0.4) is 0 Å². The first-order chi connectivity index (χ1) is 8.06. The third-order valence-corrected chi connectivity index (χ3v) is 3.66. The van der Waals surface area contributed by atoms with Gasteiger partial charge in [-0.25, -0.2) is 0 Å². The van der Waals surface area contributed by atoms with E-state index in [0.717, 1.165) is 16.7 Å². The molecule has 17 heavy (non-hydrogen) atoms. The number of hydrogen-bond acceptors (Lipinski definition) is 2. The Bertz CT molecular complexity index is 532. The number of carbonyl (C=O) groups excluding carboxylic acids is 1. The molecule has 0 aliphatic heterocycles. The van der Waals surface area contributed by atoms with Crippen molar-refractivity contribution < 1.29 is 4.79 Å². The van der Waals surface area contributed by atoms with Crippen molar-refractivity contribution >= 4 is 17.1 Å². The van der Waals surface area contributed by atoms with Crippen molar-refractivity contribution in [3.63, 3.8) is 0 Å². The maximum atomic E-state index is 12.1. The number of benzene rings is 1. The van der Waals surface area contributed by atoms with E-state index in [0.29, 0.717) is 6.42 Å². The number of ketones is 1. The second kappa shape index (κ2) is 4.84. The molecule has 88 valence electrons. The van der Waals surface area contributed by atoms with Gasteiger partial charge in [-0.2, -0.15) is 11.3 Å². The molecule has 0 radical (unpaired) electrons. The second-order valence-electron chi connectivity index (χ2n) is 4.56. The maximum absolute atomic E-state index is 12.1. The fourth-order valence-electron chi connectivity index (χ4n) is 2.10. The van der Waals surface area contributed by atoms with Crippen LogP contribution in [0.4, 0.5) is 0 Å². The van der Waals surface area contributed by atoms with Gasteiger partial charge in [0.2, 0.25) is 0 Å². The molecule has 1 aromatic carbocycles. The molecule has 0 aliphatic rings. The van der Waals surface area contributed by atoms with Crippen LogP contribution in [-0.2, 0) is 6.42 Å². The molecule has 0 aliphatic carbocycles. The van der Waals surface area contributed by atoms with Crippen LogP contribution in [0.25, 0.3) is 0 Å². The summed E-state index contributed by atoms with van der Waals surface area (Å²) in [5.41, 5.74) is 5.50. The van der Waals surface area contributed by atoms with E-state index in [1.807, 2.05) is 17.7 Å². The van der Waals surface area contributed by atoms with Crippen molar-refractivity contribution in [2.75, 3.05) is 0 Å². The van der Waals surface area contributed by atoms with Crippen molar-refractivity contribution in [1.82, 2.24) is 0 Å². The van der Waals surface area contributed by atoms with Gasteiger partial charge in [-0.05, 0) is 37.3 Å². The molecule has 0 N–H and O–H groups in total. The summed E-state index contributed by atoms with van der Waals surface area (Å²) in [7, 11) is 0. The first-order valence-electron chi connectivity index (χ1n) is 5.69. The summed E-state index contributed by atoms with van der Waals surface area (Å²) in [6, 6.07) is 6.31. The lowest BCUT2D eigenvalue weighted by molar-refractivity contribution is 0.0993. The highest BCUT2D eigenvalue weighted by Crippen LogP contribution is 2.17. The van der Waals surface area contributed by atoms with E-state index >= 15 is 0 Å². The molecule has 0 spiro atoms. The Morgan fingerprint density at radius 2 is 1.71 bits per heavy atom. The Hall–Kier alpha value is -1.41. The van der Waals surface area contributed by atoms with Gasteiger partial charge in [0.1, 0.15) is 0 Å². The normalized spacial score (nSPS) is 10.5. The molecular formula is C15H16OS. The van der Waals surface area contributed by atoms with Crippen LogP contribution < -0.4 is 0 Å². The molecule has 0 amide bonds. The van der Waals surface area contributed by atoms with Crippen LogP contribution in [-0.4, -0.2) is 5.78 Å². The Kier molecular flexibility index (Phi) is 3.43. The number of carbonyl (C=O) groups is 1. The predicted molar refractivity (Wildman–Crippen MR) is 73.0 cm³/mol. The first-order valence-corrected chi connectivity index (χ1v) is 6.63. The largest absolute Gasteiger partial charge is 0.294 e. The van der Waals surface area contributed by atoms with Crippen molar-refractivity contribution in [1.29, 1.82) is 0 Å². The average molecular weight is 244 g/mol. The molecule has 0 unspecified atom stereocenters. The Labute approximate surface area is 106 Å². The Morgan fingerprint density at radius 1 is 1.06 bits per heavy atom. The molecule has 0 atom stereocenters. The molecule has 2 heteroatoms. The van der Waals surface area contributed by atoms with Gasteiger partial charge in [-0.3, -0.25) is 4.79 Å². The molecule has 0 fully saturated rings. The van der Waals surface area contributed by atoms with Gasteiger partial charge in [0.25, 0.3) is 0 Å². The molecule has 1 nitrogen and oxygen atoms in total. The number of rotatable bonds is 3. The SMILES string of the molecule is Cc1cc(C)cc(CC(=O)c2cscc2C)c1. The minimum absolute atomic E-state index is 0.216. The van der Waals surface area contributed by atoms with Gasteiger partial charge in [0, 0.05) is 17.4 Å². The number of Topliss-reactive ketones (excluding diaryl/α,β-unsaturated/α-hetero) is 1. The third-order valence-electron chi connectivity index (χ3n) is 2.80. The zero-order chi connectivity index (χ0) is 12.4. The van der Waals surface area contributed by atoms with Gasteiger partial charge in [0.05, 0.1) is 0 Å². The van der Waals surface area contributed by atoms with Gasteiger partial charge in [-0.15, -0.1) is 0 Å².